The van der Waals surface area contributed by atoms with Crippen molar-refractivity contribution in [2.24, 2.45) is 5.73 Å². The Balaban J connectivity index is 2.51. The van der Waals surface area contributed by atoms with E-state index >= 15 is 0 Å². The summed E-state index contributed by atoms with van der Waals surface area (Å²) >= 11 is 15.2. The van der Waals surface area contributed by atoms with Gasteiger partial charge in [-0.2, -0.15) is 0 Å². The van der Waals surface area contributed by atoms with E-state index in [1.807, 2.05) is 0 Å². The largest absolute Gasteiger partial charge is 0.320 e. The Kier molecular flexibility index (Phi) is 4.28. The Labute approximate surface area is 123 Å². The zero-order chi connectivity index (χ0) is 13.3. The first-order valence-electron chi connectivity index (χ1n) is 5.15. The van der Waals surface area contributed by atoms with Crippen LogP contribution < -0.4 is 5.73 Å². The first-order valence-corrected chi connectivity index (χ1v) is 6.70. The van der Waals surface area contributed by atoms with Gasteiger partial charge in [0.1, 0.15) is 5.82 Å². The molecule has 5 heteroatoms. The Morgan fingerprint density at radius 1 is 1.11 bits per heavy atom. The van der Waals surface area contributed by atoms with E-state index in [0.717, 1.165) is 0 Å². The summed E-state index contributed by atoms with van der Waals surface area (Å²) < 4.78 is 13.8. The molecular formula is C13H9BrCl2FN. The van der Waals surface area contributed by atoms with Gasteiger partial charge in [-0.15, -0.1) is 0 Å². The molecule has 94 valence electrons. The minimum absolute atomic E-state index is 0.341. The molecule has 0 aliphatic carbocycles. The van der Waals surface area contributed by atoms with Crippen LogP contribution >= 0.6 is 39.1 Å². The van der Waals surface area contributed by atoms with Crippen molar-refractivity contribution in [3.05, 3.63) is 67.9 Å². The SMILES string of the molecule is NC(c1cc(Cl)ccc1Cl)c1cccc(F)c1Br. The summed E-state index contributed by atoms with van der Waals surface area (Å²) in [7, 11) is 0. The van der Waals surface area contributed by atoms with Crippen LogP contribution in [-0.2, 0) is 0 Å². The van der Waals surface area contributed by atoms with Crippen molar-refractivity contribution in [2.75, 3.05) is 0 Å². The van der Waals surface area contributed by atoms with Crippen LogP contribution in [0.5, 0.6) is 0 Å². The standard InChI is InChI=1S/C13H9BrCl2FN/c14-12-8(2-1-3-11(12)17)13(18)9-6-7(15)4-5-10(9)16/h1-6,13H,18H2. The van der Waals surface area contributed by atoms with Crippen molar-refractivity contribution < 1.29 is 4.39 Å². The number of halogens is 4. The van der Waals surface area contributed by atoms with Crippen LogP contribution in [0.4, 0.5) is 4.39 Å². The zero-order valence-electron chi connectivity index (χ0n) is 9.13. The molecule has 2 rings (SSSR count). The van der Waals surface area contributed by atoms with Crippen molar-refractivity contribution in [3.63, 3.8) is 0 Å². The molecule has 0 heterocycles. The van der Waals surface area contributed by atoms with Crippen LogP contribution in [0.2, 0.25) is 10.0 Å². The second-order valence-corrected chi connectivity index (χ2v) is 5.42. The van der Waals surface area contributed by atoms with E-state index < -0.39 is 6.04 Å². The van der Waals surface area contributed by atoms with Crippen molar-refractivity contribution in [1.82, 2.24) is 0 Å². The molecule has 1 unspecified atom stereocenters. The van der Waals surface area contributed by atoms with E-state index in [2.05, 4.69) is 15.9 Å². The maximum atomic E-state index is 13.5. The number of hydrogen-bond acceptors (Lipinski definition) is 1. The molecule has 2 aromatic carbocycles. The van der Waals surface area contributed by atoms with Crippen LogP contribution in [0.1, 0.15) is 17.2 Å². The smallest absolute Gasteiger partial charge is 0.137 e. The highest BCUT2D eigenvalue weighted by Gasteiger charge is 2.17. The molecule has 2 aromatic rings. The lowest BCUT2D eigenvalue weighted by atomic mass is 9.99. The molecule has 0 aliphatic rings. The van der Waals surface area contributed by atoms with Gasteiger partial charge in [-0.1, -0.05) is 35.3 Å². The number of rotatable bonds is 2. The Hall–Kier alpha value is -0.610. The molecule has 0 aliphatic heterocycles. The molecule has 1 nitrogen and oxygen atoms in total. The third kappa shape index (κ3) is 2.69. The highest BCUT2D eigenvalue weighted by molar-refractivity contribution is 9.10. The second-order valence-electron chi connectivity index (χ2n) is 3.79. The lowest BCUT2D eigenvalue weighted by Gasteiger charge is -2.16. The highest BCUT2D eigenvalue weighted by Crippen LogP contribution is 2.33. The second kappa shape index (κ2) is 5.57. The first-order chi connectivity index (χ1) is 8.50. The lowest BCUT2D eigenvalue weighted by Crippen LogP contribution is -2.13. The molecule has 0 saturated heterocycles. The topological polar surface area (TPSA) is 26.0 Å². The Morgan fingerprint density at radius 3 is 2.56 bits per heavy atom. The van der Waals surface area contributed by atoms with Gasteiger partial charge in [-0.05, 0) is 51.3 Å². The van der Waals surface area contributed by atoms with Crippen molar-refractivity contribution in [2.45, 2.75) is 6.04 Å². The summed E-state index contributed by atoms with van der Waals surface area (Å²) in [6.07, 6.45) is 0. The quantitative estimate of drug-likeness (QED) is 0.816. The molecule has 18 heavy (non-hydrogen) atoms. The van der Waals surface area contributed by atoms with Crippen LogP contribution in [0.3, 0.4) is 0 Å². The van der Waals surface area contributed by atoms with Crippen LogP contribution in [0.25, 0.3) is 0 Å². The minimum atomic E-state index is -0.540. The van der Waals surface area contributed by atoms with Crippen molar-refractivity contribution >= 4 is 39.1 Å². The fraction of sp³-hybridized carbons (Fsp3) is 0.0769. The molecule has 0 fully saturated rings. The average molecular weight is 349 g/mol. The van der Waals surface area contributed by atoms with Crippen LogP contribution in [-0.4, -0.2) is 0 Å². The Bertz CT molecular complexity index is 587. The summed E-state index contributed by atoms with van der Waals surface area (Å²) in [6, 6.07) is 9.21. The van der Waals surface area contributed by atoms with Gasteiger partial charge in [-0.3, -0.25) is 0 Å². The molecule has 0 spiro atoms. The number of hydrogen-bond donors (Lipinski definition) is 1. The summed E-state index contributed by atoms with van der Waals surface area (Å²) in [5.41, 5.74) is 7.40. The van der Waals surface area contributed by atoms with E-state index in [1.54, 1.807) is 30.3 Å². The fourth-order valence-corrected chi connectivity index (χ4v) is 2.61. The maximum Gasteiger partial charge on any atom is 0.137 e. The van der Waals surface area contributed by atoms with E-state index in [9.17, 15) is 4.39 Å². The van der Waals surface area contributed by atoms with Gasteiger partial charge >= 0.3 is 0 Å². The predicted octanol–water partition coefficient (Wildman–Crippen LogP) is 4.94. The van der Waals surface area contributed by atoms with Crippen molar-refractivity contribution in [1.29, 1.82) is 0 Å². The molecule has 1 atom stereocenters. The third-order valence-electron chi connectivity index (χ3n) is 2.61. The molecule has 0 bridgehead atoms. The number of nitrogens with two attached hydrogens (primary N) is 1. The third-order valence-corrected chi connectivity index (χ3v) is 4.03. The van der Waals surface area contributed by atoms with Crippen LogP contribution in [0, 0.1) is 5.82 Å². The zero-order valence-corrected chi connectivity index (χ0v) is 12.2. The molecule has 2 N–H and O–H groups in total. The first kappa shape index (κ1) is 13.8. The molecule has 0 aromatic heterocycles. The van der Waals surface area contributed by atoms with Gasteiger partial charge in [0.2, 0.25) is 0 Å². The fourth-order valence-electron chi connectivity index (χ4n) is 1.68. The number of benzene rings is 2. The van der Waals surface area contributed by atoms with Gasteiger partial charge in [0.05, 0.1) is 10.5 Å². The van der Waals surface area contributed by atoms with E-state index in [0.29, 0.717) is 25.6 Å². The van der Waals surface area contributed by atoms with Gasteiger partial charge in [0.25, 0.3) is 0 Å². The van der Waals surface area contributed by atoms with Crippen LogP contribution in [0.15, 0.2) is 40.9 Å². The van der Waals surface area contributed by atoms with E-state index in [-0.39, 0.29) is 5.82 Å². The molecule has 0 saturated carbocycles. The molecular weight excluding hydrogens is 340 g/mol. The normalized spacial score (nSPS) is 12.5. The summed E-state index contributed by atoms with van der Waals surface area (Å²) in [5, 5.41) is 1.04. The van der Waals surface area contributed by atoms with Gasteiger partial charge in [0, 0.05) is 10.0 Å². The maximum absolute atomic E-state index is 13.5. The molecule has 0 amide bonds. The minimum Gasteiger partial charge on any atom is -0.320 e. The summed E-state index contributed by atoms with van der Waals surface area (Å²) in [5.74, 6) is -0.360. The van der Waals surface area contributed by atoms with Gasteiger partial charge in [-0.25, -0.2) is 4.39 Å². The van der Waals surface area contributed by atoms with E-state index in [4.69, 9.17) is 28.9 Å². The average Bonchev–Trinajstić information content (AvgIpc) is 2.35. The molecule has 0 radical (unpaired) electrons. The highest BCUT2D eigenvalue weighted by atomic mass is 79.9. The lowest BCUT2D eigenvalue weighted by molar-refractivity contribution is 0.616. The van der Waals surface area contributed by atoms with Gasteiger partial charge in [0.15, 0.2) is 0 Å². The van der Waals surface area contributed by atoms with Gasteiger partial charge < -0.3 is 5.73 Å². The monoisotopic (exact) mass is 347 g/mol. The van der Waals surface area contributed by atoms with E-state index in [1.165, 1.54) is 6.07 Å². The summed E-state index contributed by atoms with van der Waals surface area (Å²) in [4.78, 5) is 0. The predicted molar refractivity (Wildman–Crippen MR) is 76.6 cm³/mol. The Morgan fingerprint density at radius 2 is 1.83 bits per heavy atom. The summed E-state index contributed by atoms with van der Waals surface area (Å²) in [6.45, 7) is 0. The van der Waals surface area contributed by atoms with Crippen molar-refractivity contribution in [3.8, 4) is 0 Å².